The van der Waals surface area contributed by atoms with Crippen molar-refractivity contribution in [1.29, 1.82) is 0 Å². The first-order valence-electron chi connectivity index (χ1n) is 9.33. The standard InChI is InChI=1S/C22H24FNO3/c1-16(18-10-12-19(23)13-11-18)6-5-9-21(25)24-20(15-27-22(24)26)14-17-7-3-2-4-8-17/h2-4,7-8,10-13,16,20H,5-6,9,14-15H2,1H3/t16-,20-/m0/s1. The van der Waals surface area contributed by atoms with E-state index in [0.717, 1.165) is 17.5 Å². The van der Waals surface area contributed by atoms with E-state index in [1.807, 2.05) is 30.3 Å². The first kappa shape index (κ1) is 19.1. The second-order valence-corrected chi connectivity index (χ2v) is 7.03. The van der Waals surface area contributed by atoms with Crippen LogP contribution in [0.25, 0.3) is 0 Å². The van der Waals surface area contributed by atoms with E-state index in [-0.39, 0.29) is 30.3 Å². The van der Waals surface area contributed by atoms with Crippen molar-refractivity contribution < 1.29 is 18.7 Å². The molecule has 3 rings (SSSR count). The van der Waals surface area contributed by atoms with E-state index in [9.17, 15) is 14.0 Å². The van der Waals surface area contributed by atoms with Gasteiger partial charge in [-0.15, -0.1) is 0 Å². The lowest BCUT2D eigenvalue weighted by atomic mass is 9.95. The number of benzene rings is 2. The Morgan fingerprint density at radius 3 is 2.59 bits per heavy atom. The third-order valence-corrected chi connectivity index (χ3v) is 5.01. The monoisotopic (exact) mass is 369 g/mol. The molecule has 0 N–H and O–H groups in total. The molecular weight excluding hydrogens is 345 g/mol. The predicted octanol–water partition coefficient (Wildman–Crippen LogP) is 4.69. The molecule has 2 aromatic carbocycles. The van der Waals surface area contributed by atoms with Crippen LogP contribution in [-0.2, 0) is 16.0 Å². The van der Waals surface area contributed by atoms with Gasteiger partial charge in [-0.2, -0.15) is 0 Å². The molecule has 2 aromatic rings. The summed E-state index contributed by atoms with van der Waals surface area (Å²) in [6.07, 6.45) is 1.81. The summed E-state index contributed by atoms with van der Waals surface area (Å²) < 4.78 is 18.1. The maximum Gasteiger partial charge on any atom is 0.416 e. The SMILES string of the molecule is C[C@@H](CCCC(=O)N1C(=O)OC[C@@H]1Cc1ccccc1)c1ccc(F)cc1. The van der Waals surface area contributed by atoms with Crippen LogP contribution in [0, 0.1) is 5.82 Å². The van der Waals surface area contributed by atoms with Crippen LogP contribution in [0.4, 0.5) is 9.18 Å². The van der Waals surface area contributed by atoms with Crippen LogP contribution in [-0.4, -0.2) is 29.5 Å². The topological polar surface area (TPSA) is 46.6 Å². The Morgan fingerprint density at radius 2 is 1.89 bits per heavy atom. The molecule has 0 saturated carbocycles. The van der Waals surface area contributed by atoms with E-state index < -0.39 is 6.09 Å². The average molecular weight is 369 g/mol. The van der Waals surface area contributed by atoms with Gasteiger partial charge in [0.15, 0.2) is 0 Å². The smallest absolute Gasteiger partial charge is 0.416 e. The van der Waals surface area contributed by atoms with Gasteiger partial charge in [0.2, 0.25) is 5.91 Å². The van der Waals surface area contributed by atoms with Gasteiger partial charge in [0.05, 0.1) is 6.04 Å². The molecule has 1 saturated heterocycles. The molecule has 5 heteroatoms. The van der Waals surface area contributed by atoms with Gasteiger partial charge in [0, 0.05) is 6.42 Å². The highest BCUT2D eigenvalue weighted by molar-refractivity contribution is 5.93. The van der Waals surface area contributed by atoms with Gasteiger partial charge >= 0.3 is 6.09 Å². The highest BCUT2D eigenvalue weighted by atomic mass is 19.1. The average Bonchev–Trinajstić information content (AvgIpc) is 3.03. The fraction of sp³-hybridized carbons (Fsp3) is 0.364. The highest BCUT2D eigenvalue weighted by Crippen LogP contribution is 2.23. The molecule has 0 aromatic heterocycles. The van der Waals surface area contributed by atoms with Crippen molar-refractivity contribution in [3.8, 4) is 0 Å². The number of nitrogens with zero attached hydrogens (tertiary/aromatic N) is 1. The maximum atomic E-state index is 13.0. The summed E-state index contributed by atoms with van der Waals surface area (Å²) in [6.45, 7) is 2.30. The normalized spacial score (nSPS) is 17.6. The molecule has 1 aliphatic heterocycles. The van der Waals surface area contributed by atoms with Crippen molar-refractivity contribution in [2.45, 2.75) is 44.6 Å². The molecule has 0 aliphatic carbocycles. The first-order valence-corrected chi connectivity index (χ1v) is 9.33. The zero-order valence-electron chi connectivity index (χ0n) is 15.4. The molecule has 27 heavy (non-hydrogen) atoms. The predicted molar refractivity (Wildman–Crippen MR) is 101 cm³/mol. The Hall–Kier alpha value is -2.69. The summed E-state index contributed by atoms with van der Waals surface area (Å²) >= 11 is 0. The zero-order chi connectivity index (χ0) is 19.2. The van der Waals surface area contributed by atoms with E-state index in [4.69, 9.17) is 4.74 Å². The summed E-state index contributed by atoms with van der Waals surface area (Å²) in [7, 11) is 0. The molecule has 1 heterocycles. The van der Waals surface area contributed by atoms with Gasteiger partial charge in [-0.1, -0.05) is 49.4 Å². The largest absolute Gasteiger partial charge is 0.447 e. The van der Waals surface area contributed by atoms with Crippen LogP contribution in [0.5, 0.6) is 0 Å². The van der Waals surface area contributed by atoms with Crippen molar-refractivity contribution in [3.63, 3.8) is 0 Å². The molecule has 0 radical (unpaired) electrons. The Balaban J connectivity index is 1.52. The summed E-state index contributed by atoms with van der Waals surface area (Å²) in [5, 5.41) is 0. The summed E-state index contributed by atoms with van der Waals surface area (Å²) in [5.74, 6) is -0.216. The van der Waals surface area contributed by atoms with Crippen molar-refractivity contribution in [3.05, 3.63) is 71.5 Å². The van der Waals surface area contributed by atoms with Gasteiger partial charge in [-0.3, -0.25) is 4.79 Å². The van der Waals surface area contributed by atoms with Crippen LogP contribution in [0.15, 0.2) is 54.6 Å². The van der Waals surface area contributed by atoms with E-state index in [1.165, 1.54) is 17.0 Å². The second kappa shape index (κ2) is 8.80. The van der Waals surface area contributed by atoms with E-state index in [1.54, 1.807) is 12.1 Å². The van der Waals surface area contributed by atoms with Crippen LogP contribution in [0.3, 0.4) is 0 Å². The van der Waals surface area contributed by atoms with Crippen molar-refractivity contribution in [2.24, 2.45) is 0 Å². The first-order chi connectivity index (χ1) is 13.0. The molecule has 1 aliphatic rings. The molecule has 2 atom stereocenters. The van der Waals surface area contributed by atoms with Gasteiger partial charge < -0.3 is 4.74 Å². The van der Waals surface area contributed by atoms with Gasteiger partial charge in [-0.25, -0.2) is 14.1 Å². The van der Waals surface area contributed by atoms with Gasteiger partial charge in [-0.05, 0) is 48.4 Å². The Kier molecular flexibility index (Phi) is 6.22. The lowest BCUT2D eigenvalue weighted by Crippen LogP contribution is -2.40. The fourth-order valence-corrected chi connectivity index (χ4v) is 3.44. The molecule has 142 valence electrons. The molecule has 0 bridgehead atoms. The number of carbonyl (C=O) groups is 2. The van der Waals surface area contributed by atoms with Crippen molar-refractivity contribution >= 4 is 12.0 Å². The maximum absolute atomic E-state index is 13.0. The Labute approximate surface area is 158 Å². The van der Waals surface area contributed by atoms with E-state index in [2.05, 4.69) is 6.92 Å². The zero-order valence-corrected chi connectivity index (χ0v) is 15.4. The van der Waals surface area contributed by atoms with E-state index in [0.29, 0.717) is 19.3 Å². The van der Waals surface area contributed by atoms with Crippen LogP contribution >= 0.6 is 0 Å². The Morgan fingerprint density at radius 1 is 1.19 bits per heavy atom. The molecular formula is C22H24FNO3. The number of ether oxygens (including phenoxy) is 1. The highest BCUT2D eigenvalue weighted by Gasteiger charge is 2.37. The molecule has 0 unspecified atom stereocenters. The number of hydrogen-bond donors (Lipinski definition) is 0. The summed E-state index contributed by atoms with van der Waals surface area (Å²) in [5.41, 5.74) is 2.12. The number of carbonyl (C=O) groups excluding carboxylic acids is 2. The molecule has 1 fully saturated rings. The number of hydrogen-bond acceptors (Lipinski definition) is 3. The third kappa shape index (κ3) is 4.94. The number of amides is 2. The molecule has 4 nitrogen and oxygen atoms in total. The minimum atomic E-state index is -0.549. The summed E-state index contributed by atoms with van der Waals surface area (Å²) in [4.78, 5) is 25.9. The van der Waals surface area contributed by atoms with Crippen molar-refractivity contribution in [2.75, 3.05) is 6.61 Å². The number of halogens is 1. The number of rotatable bonds is 7. The van der Waals surface area contributed by atoms with Gasteiger partial charge in [0.25, 0.3) is 0 Å². The number of cyclic esters (lactones) is 1. The minimum Gasteiger partial charge on any atom is -0.447 e. The quantitative estimate of drug-likeness (QED) is 0.711. The van der Waals surface area contributed by atoms with Crippen LogP contribution < -0.4 is 0 Å². The second-order valence-electron chi connectivity index (χ2n) is 7.03. The number of imide groups is 1. The Bertz CT molecular complexity index is 776. The molecule has 0 spiro atoms. The third-order valence-electron chi connectivity index (χ3n) is 5.01. The lowest BCUT2D eigenvalue weighted by molar-refractivity contribution is -0.129. The minimum absolute atomic E-state index is 0.190. The summed E-state index contributed by atoms with van der Waals surface area (Å²) in [6, 6.07) is 16.0. The fourth-order valence-electron chi connectivity index (χ4n) is 3.44. The lowest BCUT2D eigenvalue weighted by Gasteiger charge is -2.20. The van der Waals surface area contributed by atoms with Crippen LogP contribution in [0.1, 0.15) is 43.2 Å². The van der Waals surface area contributed by atoms with Gasteiger partial charge in [0.1, 0.15) is 12.4 Å². The van der Waals surface area contributed by atoms with Crippen LogP contribution in [0.2, 0.25) is 0 Å². The van der Waals surface area contributed by atoms with Crippen molar-refractivity contribution in [1.82, 2.24) is 4.90 Å². The van der Waals surface area contributed by atoms with E-state index >= 15 is 0 Å². The molecule has 2 amide bonds.